The van der Waals surface area contributed by atoms with Gasteiger partial charge in [0, 0.05) is 16.9 Å². The van der Waals surface area contributed by atoms with E-state index in [9.17, 15) is 4.79 Å². The fraction of sp³-hybridized carbons (Fsp3) is 0.182. The lowest BCUT2D eigenvalue weighted by molar-refractivity contribution is -0.132. The summed E-state index contributed by atoms with van der Waals surface area (Å²) in [6, 6.07) is 5.46. The van der Waals surface area contributed by atoms with Crippen LogP contribution in [-0.4, -0.2) is 17.7 Å². The highest BCUT2D eigenvalue weighted by molar-refractivity contribution is 5.92. The molecule has 0 spiro atoms. The molecule has 0 fully saturated rings. The second-order valence-corrected chi connectivity index (χ2v) is 3.46. The van der Waals surface area contributed by atoms with Crippen molar-refractivity contribution in [3.63, 3.8) is 0 Å². The van der Waals surface area contributed by atoms with Crippen LogP contribution in [-0.2, 0) is 11.2 Å². The molecule has 0 radical (unpaired) electrons. The van der Waals surface area contributed by atoms with E-state index in [1.54, 1.807) is 6.07 Å². The number of carbonyl (C=O) groups is 1. The van der Waals surface area contributed by atoms with Gasteiger partial charge in [0.25, 0.3) is 0 Å². The number of benzene rings is 1. The molecule has 1 N–H and O–H groups in total. The lowest BCUT2D eigenvalue weighted by Gasteiger charge is -2.03. The van der Waals surface area contributed by atoms with E-state index in [4.69, 9.17) is 15.4 Å². The maximum atomic E-state index is 10.8. The molecule has 0 aromatic heterocycles. The number of hydrogen-bond acceptors (Lipinski definition) is 3. The lowest BCUT2D eigenvalue weighted by atomic mass is 10.1. The van der Waals surface area contributed by atoms with E-state index < -0.39 is 5.97 Å². The zero-order chi connectivity index (χ0) is 12.3. The van der Waals surface area contributed by atoms with Gasteiger partial charge in [0.15, 0.2) is 0 Å². The zero-order valence-electron chi connectivity index (χ0n) is 8.83. The first-order chi connectivity index (χ1) is 8.22. The van der Waals surface area contributed by atoms with E-state index in [1.807, 2.05) is 12.1 Å². The molecule has 2 rings (SSSR count). The van der Waals surface area contributed by atoms with E-state index >= 15 is 0 Å². The molecule has 0 aliphatic carbocycles. The number of rotatable bonds is 3. The van der Waals surface area contributed by atoms with Gasteiger partial charge in [-0.25, -0.2) is 4.79 Å². The average Bonchev–Trinajstić information content (AvgIpc) is 2.77. The van der Waals surface area contributed by atoms with Crippen LogP contribution in [0.25, 0.3) is 16.5 Å². The van der Waals surface area contributed by atoms with E-state index in [2.05, 4.69) is 10.0 Å². The van der Waals surface area contributed by atoms with Gasteiger partial charge in [-0.3, -0.25) is 0 Å². The minimum Gasteiger partial charge on any atom is -0.492 e. The van der Waals surface area contributed by atoms with Gasteiger partial charge >= 0.3 is 5.97 Å². The third kappa shape index (κ3) is 2.21. The summed E-state index contributed by atoms with van der Waals surface area (Å²) in [4.78, 5) is 13.3. The first-order valence-corrected chi connectivity index (χ1v) is 4.97. The molecule has 0 saturated heterocycles. The summed E-state index contributed by atoms with van der Waals surface area (Å²) >= 11 is 0. The highest BCUT2D eigenvalue weighted by Gasteiger charge is 2.15. The van der Waals surface area contributed by atoms with Gasteiger partial charge in [0.05, 0.1) is 6.61 Å². The average molecular weight is 231 g/mol. The van der Waals surface area contributed by atoms with Crippen molar-refractivity contribution in [1.29, 1.82) is 0 Å². The third-order valence-electron chi connectivity index (χ3n) is 2.41. The van der Waals surface area contributed by atoms with E-state index in [-0.39, 0.29) is 5.70 Å². The molecule has 6 nitrogen and oxygen atoms in total. The Morgan fingerprint density at radius 3 is 3.12 bits per heavy atom. The molecule has 1 aliphatic rings. The number of para-hydroxylation sites is 1. The molecule has 0 unspecified atom stereocenters. The van der Waals surface area contributed by atoms with Crippen LogP contribution in [0.1, 0.15) is 11.1 Å². The lowest BCUT2D eigenvalue weighted by Crippen LogP contribution is -1.97. The van der Waals surface area contributed by atoms with Gasteiger partial charge in [0.2, 0.25) is 0 Å². The number of nitrogens with zero attached hydrogens (tertiary/aromatic N) is 3. The zero-order valence-corrected chi connectivity index (χ0v) is 8.83. The minimum absolute atomic E-state index is 0.351. The summed E-state index contributed by atoms with van der Waals surface area (Å²) in [6.07, 6.45) is 2.12. The number of carboxylic acids is 1. The van der Waals surface area contributed by atoms with Gasteiger partial charge in [-0.05, 0) is 17.2 Å². The van der Waals surface area contributed by atoms with Crippen molar-refractivity contribution in [2.24, 2.45) is 5.11 Å². The Labute approximate surface area is 96.8 Å². The number of aliphatic carboxylic acids is 1. The summed E-state index contributed by atoms with van der Waals surface area (Å²) in [5, 5.41) is 12.0. The van der Waals surface area contributed by atoms with E-state index in [0.29, 0.717) is 17.9 Å². The van der Waals surface area contributed by atoms with Crippen molar-refractivity contribution < 1.29 is 14.6 Å². The molecule has 1 heterocycles. The van der Waals surface area contributed by atoms with Crippen LogP contribution in [0.15, 0.2) is 29.0 Å². The maximum absolute atomic E-state index is 10.8. The van der Waals surface area contributed by atoms with Crippen LogP contribution >= 0.6 is 0 Å². The van der Waals surface area contributed by atoms with Gasteiger partial charge in [-0.2, -0.15) is 0 Å². The minimum atomic E-state index is -1.27. The second kappa shape index (κ2) is 4.59. The maximum Gasteiger partial charge on any atom is 0.338 e. The molecule has 0 bridgehead atoms. The Morgan fingerprint density at radius 1 is 1.59 bits per heavy atom. The van der Waals surface area contributed by atoms with Crippen molar-refractivity contribution in [2.75, 3.05) is 6.61 Å². The summed E-state index contributed by atoms with van der Waals surface area (Å²) < 4.78 is 5.42. The topological polar surface area (TPSA) is 95.3 Å². The van der Waals surface area contributed by atoms with Gasteiger partial charge in [-0.1, -0.05) is 23.3 Å². The van der Waals surface area contributed by atoms with E-state index in [1.165, 1.54) is 6.08 Å². The van der Waals surface area contributed by atoms with Gasteiger partial charge in [-0.15, -0.1) is 0 Å². The Kier molecular flexibility index (Phi) is 2.98. The third-order valence-corrected chi connectivity index (χ3v) is 2.41. The molecule has 1 aromatic carbocycles. The molecule has 1 aliphatic heterocycles. The van der Waals surface area contributed by atoms with E-state index in [0.717, 1.165) is 12.0 Å². The van der Waals surface area contributed by atoms with Crippen molar-refractivity contribution in [3.8, 4) is 5.75 Å². The first kappa shape index (κ1) is 11.0. The van der Waals surface area contributed by atoms with Crippen molar-refractivity contribution in [1.82, 2.24) is 0 Å². The van der Waals surface area contributed by atoms with Crippen molar-refractivity contribution in [2.45, 2.75) is 6.42 Å². The predicted molar refractivity (Wildman–Crippen MR) is 60.4 cm³/mol. The highest BCUT2D eigenvalue weighted by Crippen LogP contribution is 2.31. The smallest absolute Gasteiger partial charge is 0.338 e. The molecule has 0 atom stereocenters. The molecule has 17 heavy (non-hydrogen) atoms. The fourth-order valence-corrected chi connectivity index (χ4v) is 1.68. The van der Waals surface area contributed by atoms with Crippen LogP contribution in [0.5, 0.6) is 5.75 Å². The fourth-order valence-electron chi connectivity index (χ4n) is 1.68. The number of azide groups is 1. The molecule has 1 aromatic rings. The molecule has 0 amide bonds. The quantitative estimate of drug-likeness (QED) is 0.374. The Hall–Kier alpha value is -2.46. The van der Waals surface area contributed by atoms with Crippen LogP contribution in [0.3, 0.4) is 0 Å². The Bertz CT molecular complexity index is 541. The van der Waals surface area contributed by atoms with Crippen LogP contribution in [0.2, 0.25) is 0 Å². The summed E-state index contributed by atoms with van der Waals surface area (Å²) in [7, 11) is 0. The van der Waals surface area contributed by atoms with Crippen LogP contribution in [0.4, 0.5) is 0 Å². The highest BCUT2D eigenvalue weighted by atomic mass is 16.5. The summed E-state index contributed by atoms with van der Waals surface area (Å²) in [6.45, 7) is 0.587. The first-order valence-electron chi connectivity index (χ1n) is 4.97. The molecule has 6 heteroatoms. The largest absolute Gasteiger partial charge is 0.492 e. The van der Waals surface area contributed by atoms with Crippen molar-refractivity contribution in [3.05, 3.63) is 45.5 Å². The monoisotopic (exact) mass is 231 g/mol. The van der Waals surface area contributed by atoms with Gasteiger partial charge in [0.1, 0.15) is 11.4 Å². The van der Waals surface area contributed by atoms with Gasteiger partial charge < -0.3 is 9.84 Å². The summed E-state index contributed by atoms with van der Waals surface area (Å²) in [5.74, 6) is -0.599. The Balaban J connectivity index is 2.47. The normalized spacial score (nSPS) is 13.5. The Morgan fingerprint density at radius 2 is 2.41 bits per heavy atom. The number of ether oxygens (including phenoxy) is 1. The number of carboxylic acid groups (broad SMARTS) is 1. The molecule has 86 valence electrons. The van der Waals surface area contributed by atoms with Crippen LogP contribution in [0, 0.1) is 0 Å². The molecular formula is C11H9N3O3. The number of fused-ring (bicyclic) bond motifs is 1. The van der Waals surface area contributed by atoms with Crippen molar-refractivity contribution >= 4 is 12.0 Å². The second-order valence-electron chi connectivity index (χ2n) is 3.46. The number of hydrogen-bond donors (Lipinski definition) is 1. The summed E-state index contributed by atoms with van der Waals surface area (Å²) in [5.41, 5.74) is 9.58. The molecular weight excluding hydrogens is 222 g/mol. The molecule has 0 saturated carbocycles. The van der Waals surface area contributed by atoms with Crippen LogP contribution < -0.4 is 4.74 Å². The predicted octanol–water partition coefficient (Wildman–Crippen LogP) is 2.36. The SMILES string of the molecule is [N-]=[N+]=NC(=Cc1cccc2c1OCC2)C(=O)O. The standard InChI is InChI=1S/C11H9N3O3/c12-14-13-9(11(15)16)6-8-3-1-2-7-4-5-17-10(7)8/h1-3,6H,4-5H2,(H,15,16).